The van der Waals surface area contributed by atoms with Crippen molar-refractivity contribution in [1.29, 1.82) is 0 Å². The van der Waals surface area contributed by atoms with Crippen molar-refractivity contribution >= 4 is 5.78 Å². The summed E-state index contributed by atoms with van der Waals surface area (Å²) in [6.45, 7) is 5.46. The Kier molecular flexibility index (Phi) is 4.01. The smallest absolute Gasteiger partial charge is 0.216 e. The number of carbonyl (C=O) groups is 1. The molecule has 4 rings (SSSR count). The van der Waals surface area contributed by atoms with Crippen LogP contribution in [0.25, 0.3) is 11.1 Å². The lowest BCUT2D eigenvalue weighted by atomic mass is 10.00. The van der Waals surface area contributed by atoms with E-state index in [9.17, 15) is 4.79 Å². The predicted molar refractivity (Wildman–Crippen MR) is 97.9 cm³/mol. The molecule has 24 heavy (non-hydrogen) atoms. The zero-order valence-electron chi connectivity index (χ0n) is 14.4. The third-order valence-corrected chi connectivity index (χ3v) is 6.27. The molecule has 2 fully saturated rings. The molecule has 0 aliphatic carbocycles. The van der Waals surface area contributed by atoms with Gasteiger partial charge in [0, 0.05) is 30.7 Å². The second-order valence-electron chi connectivity index (χ2n) is 7.67. The number of ketones is 1. The summed E-state index contributed by atoms with van der Waals surface area (Å²) in [5.74, 6) is 1.09. The maximum Gasteiger partial charge on any atom is 0.216 e. The Bertz CT molecular complexity index is 721. The first kappa shape index (κ1) is 15.6. The molecule has 0 amide bonds. The van der Waals surface area contributed by atoms with Gasteiger partial charge in [-0.15, -0.1) is 0 Å². The highest BCUT2D eigenvalue weighted by molar-refractivity contribution is 5.97. The van der Waals surface area contributed by atoms with Crippen LogP contribution < -0.4 is 0 Å². The molecule has 2 saturated heterocycles. The largest absolute Gasteiger partial charge is 0.314 e. The summed E-state index contributed by atoms with van der Waals surface area (Å²) in [5, 5.41) is 0. The van der Waals surface area contributed by atoms with E-state index in [1.807, 2.05) is 30.3 Å². The molecular formula is C22H26NO+. The summed E-state index contributed by atoms with van der Waals surface area (Å²) in [6, 6.07) is 19.2. The first-order valence-corrected chi connectivity index (χ1v) is 9.22. The molecule has 1 unspecified atom stereocenters. The number of carbonyl (C=O) groups excluding carboxylic acids is 1. The number of rotatable bonds is 4. The van der Waals surface area contributed by atoms with Gasteiger partial charge in [-0.2, -0.15) is 0 Å². The summed E-state index contributed by atoms with van der Waals surface area (Å²) >= 11 is 0. The quantitative estimate of drug-likeness (QED) is 0.596. The van der Waals surface area contributed by atoms with Gasteiger partial charge in [-0.1, -0.05) is 61.5 Å². The van der Waals surface area contributed by atoms with E-state index < -0.39 is 0 Å². The molecule has 0 N–H and O–H groups in total. The molecule has 0 spiro atoms. The van der Waals surface area contributed by atoms with Crippen LogP contribution in [0.2, 0.25) is 0 Å². The first-order chi connectivity index (χ1) is 11.7. The van der Waals surface area contributed by atoms with Crippen molar-refractivity contribution in [3.05, 3.63) is 60.2 Å². The monoisotopic (exact) mass is 320 g/mol. The molecule has 2 aliphatic heterocycles. The highest BCUT2D eigenvalue weighted by Crippen LogP contribution is 2.40. The van der Waals surface area contributed by atoms with Crippen LogP contribution >= 0.6 is 0 Å². The van der Waals surface area contributed by atoms with Crippen molar-refractivity contribution < 1.29 is 9.28 Å². The molecule has 3 atom stereocenters. The van der Waals surface area contributed by atoms with Crippen molar-refractivity contribution in [3.63, 3.8) is 0 Å². The number of fused-ring (bicyclic) bond motifs is 1. The lowest BCUT2D eigenvalue weighted by Crippen LogP contribution is -2.51. The van der Waals surface area contributed by atoms with Crippen molar-refractivity contribution in [3.8, 4) is 11.1 Å². The molecule has 0 saturated carbocycles. The average Bonchev–Trinajstić information content (AvgIpc) is 3.16. The summed E-state index contributed by atoms with van der Waals surface area (Å²) in [4.78, 5) is 12.9. The van der Waals surface area contributed by atoms with Crippen LogP contribution in [0.5, 0.6) is 0 Å². The second kappa shape index (κ2) is 6.18. The molecule has 2 aromatic carbocycles. The standard InChI is InChI=1S/C22H26NO/c1-17-13-15-23(14-5-8-21(17)23)16-22(24)20-11-9-19(10-12-20)18-6-3-2-4-7-18/h2-4,6-7,9-12,17,21H,5,8,13-16H2,1H3/q+1/t17-,21+,23?/m1/s1. The molecule has 2 heteroatoms. The van der Waals surface area contributed by atoms with Gasteiger partial charge in [0.05, 0.1) is 19.1 Å². The Morgan fingerprint density at radius 1 is 0.958 bits per heavy atom. The minimum Gasteiger partial charge on any atom is -0.314 e. The van der Waals surface area contributed by atoms with E-state index in [1.165, 1.54) is 43.5 Å². The van der Waals surface area contributed by atoms with Crippen LogP contribution in [0.1, 0.15) is 36.5 Å². The molecule has 0 bridgehead atoms. The van der Waals surface area contributed by atoms with Gasteiger partial charge >= 0.3 is 0 Å². The molecule has 2 heterocycles. The van der Waals surface area contributed by atoms with Gasteiger partial charge in [-0.05, 0) is 11.1 Å². The fourth-order valence-electron chi connectivity index (χ4n) is 4.94. The highest BCUT2D eigenvalue weighted by atomic mass is 16.1. The zero-order chi connectivity index (χ0) is 16.6. The fraction of sp³-hybridized carbons (Fsp3) is 0.409. The van der Waals surface area contributed by atoms with Crippen LogP contribution in [-0.4, -0.2) is 35.9 Å². The average molecular weight is 320 g/mol. The number of benzene rings is 2. The Hall–Kier alpha value is -1.93. The maximum atomic E-state index is 12.9. The zero-order valence-corrected chi connectivity index (χ0v) is 14.4. The summed E-state index contributed by atoms with van der Waals surface area (Å²) in [7, 11) is 0. The molecule has 2 aromatic rings. The van der Waals surface area contributed by atoms with Gasteiger partial charge in [0.1, 0.15) is 6.54 Å². The van der Waals surface area contributed by atoms with Gasteiger partial charge in [0.25, 0.3) is 0 Å². The third-order valence-electron chi connectivity index (χ3n) is 6.27. The summed E-state index contributed by atoms with van der Waals surface area (Å²) in [6.07, 6.45) is 3.88. The van der Waals surface area contributed by atoms with E-state index in [-0.39, 0.29) is 0 Å². The molecule has 2 aliphatic rings. The van der Waals surface area contributed by atoms with Gasteiger partial charge < -0.3 is 4.48 Å². The van der Waals surface area contributed by atoms with Crippen molar-refractivity contribution in [1.82, 2.24) is 0 Å². The van der Waals surface area contributed by atoms with E-state index >= 15 is 0 Å². The summed E-state index contributed by atoms with van der Waals surface area (Å²) in [5.41, 5.74) is 3.24. The number of Topliss-reactive ketones (excluding diaryl/α,β-unsaturated/α-hetero) is 1. The van der Waals surface area contributed by atoms with E-state index in [4.69, 9.17) is 0 Å². The second-order valence-corrected chi connectivity index (χ2v) is 7.67. The highest BCUT2D eigenvalue weighted by Gasteiger charge is 2.50. The number of hydrogen-bond acceptors (Lipinski definition) is 1. The van der Waals surface area contributed by atoms with Crippen molar-refractivity contribution in [2.24, 2.45) is 5.92 Å². The Balaban J connectivity index is 1.51. The maximum absolute atomic E-state index is 12.9. The topological polar surface area (TPSA) is 17.1 Å². The Labute approximate surface area is 144 Å². The molecule has 0 radical (unpaired) electrons. The number of quaternary nitrogens is 1. The van der Waals surface area contributed by atoms with E-state index in [0.29, 0.717) is 12.3 Å². The van der Waals surface area contributed by atoms with Crippen molar-refractivity contribution in [2.45, 2.75) is 32.2 Å². The van der Waals surface area contributed by atoms with E-state index in [1.54, 1.807) is 0 Å². The minimum atomic E-state index is 0.315. The molecular weight excluding hydrogens is 294 g/mol. The van der Waals surface area contributed by atoms with Gasteiger partial charge in [-0.3, -0.25) is 4.79 Å². The van der Waals surface area contributed by atoms with Crippen LogP contribution in [0.3, 0.4) is 0 Å². The predicted octanol–water partition coefficient (Wildman–Crippen LogP) is 4.56. The van der Waals surface area contributed by atoms with Crippen LogP contribution in [0.4, 0.5) is 0 Å². The Morgan fingerprint density at radius 2 is 1.67 bits per heavy atom. The minimum absolute atomic E-state index is 0.315. The first-order valence-electron chi connectivity index (χ1n) is 9.22. The van der Waals surface area contributed by atoms with Crippen LogP contribution in [-0.2, 0) is 0 Å². The van der Waals surface area contributed by atoms with Gasteiger partial charge in [0.2, 0.25) is 5.78 Å². The molecule has 0 aromatic heterocycles. The van der Waals surface area contributed by atoms with Gasteiger partial charge in [-0.25, -0.2) is 0 Å². The van der Waals surface area contributed by atoms with Crippen LogP contribution in [0.15, 0.2) is 54.6 Å². The van der Waals surface area contributed by atoms with E-state index in [2.05, 4.69) is 31.2 Å². The molecule has 124 valence electrons. The van der Waals surface area contributed by atoms with Crippen molar-refractivity contribution in [2.75, 3.05) is 19.6 Å². The number of hydrogen-bond donors (Lipinski definition) is 0. The lowest BCUT2D eigenvalue weighted by molar-refractivity contribution is -0.921. The normalized spacial score (nSPS) is 28.7. The lowest BCUT2D eigenvalue weighted by Gasteiger charge is -2.35. The summed E-state index contributed by atoms with van der Waals surface area (Å²) < 4.78 is 1.06. The van der Waals surface area contributed by atoms with E-state index in [0.717, 1.165) is 22.0 Å². The number of nitrogens with zero attached hydrogens (tertiary/aromatic N) is 1. The van der Waals surface area contributed by atoms with Crippen LogP contribution in [0, 0.1) is 5.92 Å². The van der Waals surface area contributed by atoms with Gasteiger partial charge in [0.15, 0.2) is 0 Å². The third kappa shape index (κ3) is 2.69. The molecule has 2 nitrogen and oxygen atoms in total. The fourth-order valence-corrected chi connectivity index (χ4v) is 4.94. The SMILES string of the molecule is C[C@@H]1CC[N+]2(CC(=O)c3ccc(-c4ccccc4)cc3)CCC[C@@H]12. The Morgan fingerprint density at radius 3 is 2.42 bits per heavy atom.